The first kappa shape index (κ1) is 15.3. The largest absolute Gasteiger partial charge is 0.391 e. The third-order valence-corrected chi connectivity index (χ3v) is 3.74. The standard InChI is InChI=1S/C15H14Cl2FNO/c16-10-6-7-11(17)14(18)13(10)15(19)12(20)8-9-4-2-1-3-5-9/h1-7,12,15,20H,8,19H2/t12-,15-/m0/s1. The van der Waals surface area contributed by atoms with E-state index in [0.29, 0.717) is 6.42 Å². The maximum atomic E-state index is 14.0. The third kappa shape index (κ3) is 3.30. The second-order valence-electron chi connectivity index (χ2n) is 4.54. The molecule has 2 atom stereocenters. The molecule has 2 nitrogen and oxygen atoms in total. The minimum atomic E-state index is -0.956. The number of benzene rings is 2. The lowest BCUT2D eigenvalue weighted by Crippen LogP contribution is -2.29. The van der Waals surface area contributed by atoms with E-state index in [1.54, 1.807) is 0 Å². The molecule has 0 aliphatic carbocycles. The first-order chi connectivity index (χ1) is 9.50. The van der Waals surface area contributed by atoms with Gasteiger partial charge in [-0.15, -0.1) is 0 Å². The quantitative estimate of drug-likeness (QED) is 0.845. The van der Waals surface area contributed by atoms with E-state index >= 15 is 0 Å². The van der Waals surface area contributed by atoms with Gasteiger partial charge in [-0.05, 0) is 17.7 Å². The lowest BCUT2D eigenvalue weighted by Gasteiger charge is -2.21. The molecule has 0 fully saturated rings. The van der Waals surface area contributed by atoms with Gasteiger partial charge < -0.3 is 10.8 Å². The minimum Gasteiger partial charge on any atom is -0.391 e. The fraction of sp³-hybridized carbons (Fsp3) is 0.200. The molecule has 5 heteroatoms. The number of hydrogen-bond donors (Lipinski definition) is 2. The van der Waals surface area contributed by atoms with Gasteiger partial charge in [-0.25, -0.2) is 4.39 Å². The Kier molecular flexibility index (Phi) is 5.00. The zero-order chi connectivity index (χ0) is 14.7. The molecule has 0 bridgehead atoms. The van der Waals surface area contributed by atoms with Crippen molar-refractivity contribution >= 4 is 23.2 Å². The molecule has 20 heavy (non-hydrogen) atoms. The van der Waals surface area contributed by atoms with Crippen molar-refractivity contribution in [1.82, 2.24) is 0 Å². The smallest absolute Gasteiger partial charge is 0.148 e. The van der Waals surface area contributed by atoms with Crippen LogP contribution in [0.2, 0.25) is 10.0 Å². The summed E-state index contributed by atoms with van der Waals surface area (Å²) in [6.45, 7) is 0. The van der Waals surface area contributed by atoms with Crippen LogP contribution in [0.15, 0.2) is 42.5 Å². The van der Waals surface area contributed by atoms with Gasteiger partial charge >= 0.3 is 0 Å². The highest BCUT2D eigenvalue weighted by molar-refractivity contribution is 6.33. The van der Waals surface area contributed by atoms with E-state index < -0.39 is 18.0 Å². The van der Waals surface area contributed by atoms with Crippen molar-refractivity contribution in [2.75, 3.05) is 0 Å². The highest BCUT2D eigenvalue weighted by atomic mass is 35.5. The predicted molar refractivity (Wildman–Crippen MR) is 79.5 cm³/mol. The van der Waals surface area contributed by atoms with Gasteiger partial charge in [-0.2, -0.15) is 0 Å². The molecule has 0 radical (unpaired) electrons. The summed E-state index contributed by atoms with van der Waals surface area (Å²) in [7, 11) is 0. The Morgan fingerprint density at radius 2 is 1.65 bits per heavy atom. The topological polar surface area (TPSA) is 46.2 Å². The van der Waals surface area contributed by atoms with Gasteiger partial charge in [0.25, 0.3) is 0 Å². The number of halogens is 3. The van der Waals surface area contributed by atoms with E-state index in [9.17, 15) is 9.50 Å². The van der Waals surface area contributed by atoms with Gasteiger partial charge in [0.05, 0.1) is 17.2 Å². The second-order valence-corrected chi connectivity index (χ2v) is 5.35. The Balaban J connectivity index is 2.23. The molecule has 0 saturated heterocycles. The summed E-state index contributed by atoms with van der Waals surface area (Å²) >= 11 is 11.7. The first-order valence-electron chi connectivity index (χ1n) is 6.11. The number of nitrogens with two attached hydrogens (primary N) is 1. The highest BCUT2D eigenvalue weighted by Crippen LogP contribution is 2.31. The number of rotatable bonds is 4. The molecule has 0 saturated carbocycles. The molecule has 106 valence electrons. The van der Waals surface area contributed by atoms with E-state index in [1.165, 1.54) is 12.1 Å². The normalized spacial score (nSPS) is 14.1. The van der Waals surface area contributed by atoms with Gasteiger partial charge in [0.1, 0.15) is 5.82 Å². The predicted octanol–water partition coefficient (Wildman–Crippen LogP) is 3.74. The zero-order valence-corrected chi connectivity index (χ0v) is 12.1. The SMILES string of the molecule is N[C@H](c1c(Cl)ccc(Cl)c1F)[C@@H](O)Cc1ccccc1. The van der Waals surface area contributed by atoms with Crippen LogP contribution in [-0.2, 0) is 6.42 Å². The zero-order valence-electron chi connectivity index (χ0n) is 10.6. The van der Waals surface area contributed by atoms with Crippen LogP contribution in [0.3, 0.4) is 0 Å². The molecule has 2 aromatic carbocycles. The summed E-state index contributed by atoms with van der Waals surface area (Å²) in [6.07, 6.45) is -0.646. The molecule has 0 aliphatic rings. The van der Waals surface area contributed by atoms with Gasteiger partial charge in [-0.3, -0.25) is 0 Å². The Morgan fingerprint density at radius 1 is 1.05 bits per heavy atom. The summed E-state index contributed by atoms with van der Waals surface area (Å²) in [5.41, 5.74) is 6.88. The van der Waals surface area contributed by atoms with Crippen molar-refractivity contribution in [1.29, 1.82) is 0 Å². The van der Waals surface area contributed by atoms with Crippen LogP contribution >= 0.6 is 23.2 Å². The summed E-state index contributed by atoms with van der Waals surface area (Å²) in [4.78, 5) is 0. The van der Waals surface area contributed by atoms with Gasteiger partial charge in [0, 0.05) is 17.0 Å². The van der Waals surface area contributed by atoms with Crippen LogP contribution < -0.4 is 5.73 Å². The molecular weight excluding hydrogens is 300 g/mol. The number of hydrogen-bond acceptors (Lipinski definition) is 2. The first-order valence-corrected chi connectivity index (χ1v) is 6.87. The van der Waals surface area contributed by atoms with Crippen molar-refractivity contribution in [2.24, 2.45) is 5.73 Å². The van der Waals surface area contributed by atoms with E-state index in [2.05, 4.69) is 0 Å². The fourth-order valence-corrected chi connectivity index (χ4v) is 2.46. The third-order valence-electron chi connectivity index (χ3n) is 3.11. The van der Waals surface area contributed by atoms with E-state index in [1.807, 2.05) is 30.3 Å². The highest BCUT2D eigenvalue weighted by Gasteiger charge is 2.24. The lowest BCUT2D eigenvalue weighted by atomic mass is 9.96. The van der Waals surface area contributed by atoms with Crippen LogP contribution in [-0.4, -0.2) is 11.2 Å². The van der Waals surface area contributed by atoms with Crippen LogP contribution in [0.25, 0.3) is 0 Å². The van der Waals surface area contributed by atoms with Crippen LogP contribution in [0.4, 0.5) is 4.39 Å². The number of aliphatic hydroxyl groups is 1. The molecule has 0 unspecified atom stereocenters. The van der Waals surface area contributed by atoms with Crippen molar-refractivity contribution in [3.8, 4) is 0 Å². The monoisotopic (exact) mass is 313 g/mol. The van der Waals surface area contributed by atoms with Crippen LogP contribution in [0.1, 0.15) is 17.2 Å². The second kappa shape index (κ2) is 6.55. The summed E-state index contributed by atoms with van der Waals surface area (Å²) < 4.78 is 14.0. The Morgan fingerprint density at radius 3 is 2.30 bits per heavy atom. The molecule has 2 aromatic rings. The van der Waals surface area contributed by atoms with Crippen LogP contribution in [0, 0.1) is 5.82 Å². The van der Waals surface area contributed by atoms with Gasteiger partial charge in [0.15, 0.2) is 0 Å². The summed E-state index contributed by atoms with van der Waals surface area (Å²) in [6, 6.07) is 11.2. The fourth-order valence-electron chi connectivity index (χ4n) is 2.02. The molecular formula is C15H14Cl2FNO. The minimum absolute atomic E-state index is 0.0441. The molecule has 2 rings (SSSR count). The van der Waals surface area contributed by atoms with Crippen molar-refractivity contribution in [2.45, 2.75) is 18.6 Å². The van der Waals surface area contributed by atoms with Crippen molar-refractivity contribution in [3.05, 3.63) is 69.5 Å². The number of aliphatic hydroxyl groups excluding tert-OH is 1. The Bertz CT molecular complexity index is 592. The molecule has 0 aliphatic heterocycles. The summed E-state index contributed by atoms with van der Waals surface area (Å²) in [5.74, 6) is -0.682. The molecule has 0 spiro atoms. The molecule has 0 heterocycles. The Labute approximate surface area is 126 Å². The van der Waals surface area contributed by atoms with E-state index in [0.717, 1.165) is 5.56 Å². The average molecular weight is 314 g/mol. The van der Waals surface area contributed by atoms with Gasteiger partial charge in [0.2, 0.25) is 0 Å². The molecule has 0 aromatic heterocycles. The van der Waals surface area contributed by atoms with Gasteiger partial charge in [-0.1, -0.05) is 53.5 Å². The maximum absolute atomic E-state index is 14.0. The van der Waals surface area contributed by atoms with E-state index in [4.69, 9.17) is 28.9 Å². The van der Waals surface area contributed by atoms with Crippen molar-refractivity contribution < 1.29 is 9.50 Å². The van der Waals surface area contributed by atoms with Crippen LogP contribution in [0.5, 0.6) is 0 Å². The lowest BCUT2D eigenvalue weighted by molar-refractivity contribution is 0.143. The molecule has 0 amide bonds. The maximum Gasteiger partial charge on any atom is 0.148 e. The van der Waals surface area contributed by atoms with Crippen molar-refractivity contribution in [3.63, 3.8) is 0 Å². The average Bonchev–Trinajstić information content (AvgIpc) is 2.44. The van der Waals surface area contributed by atoms with E-state index in [-0.39, 0.29) is 15.6 Å². The Hall–Kier alpha value is -1.13. The summed E-state index contributed by atoms with van der Waals surface area (Å²) in [5, 5.41) is 10.3. The molecule has 3 N–H and O–H groups in total.